The van der Waals surface area contributed by atoms with E-state index in [9.17, 15) is 8.42 Å². The van der Waals surface area contributed by atoms with Gasteiger partial charge in [0.15, 0.2) is 5.96 Å². The predicted octanol–water partition coefficient (Wildman–Crippen LogP) is 1.90. The summed E-state index contributed by atoms with van der Waals surface area (Å²) in [4.78, 5) is 4.17. The Balaban J connectivity index is 0.00000529. The lowest BCUT2D eigenvalue weighted by atomic mass is 10.0. The van der Waals surface area contributed by atoms with Gasteiger partial charge in [-0.25, -0.2) is 13.1 Å². The standard InChI is InChI=1S/C16H28N4O2S.HI/c1-13(14-9-7-6-8-10-14)11-18-15(17-4)19-12-16(2,3)20-23(5,21)22;/h6-10,13,20H,11-12H2,1-5H3,(H2,17,18,19);1H. The third kappa shape index (κ3) is 9.43. The fraction of sp³-hybridized carbons (Fsp3) is 0.562. The quantitative estimate of drug-likeness (QED) is 0.325. The molecule has 1 unspecified atom stereocenters. The number of nitrogens with zero attached hydrogens (tertiary/aromatic N) is 1. The number of rotatable bonds is 7. The molecule has 0 amide bonds. The lowest BCUT2D eigenvalue weighted by molar-refractivity contribution is 0.446. The smallest absolute Gasteiger partial charge is 0.209 e. The van der Waals surface area contributed by atoms with Crippen molar-refractivity contribution in [3.05, 3.63) is 35.9 Å². The number of halogens is 1. The molecule has 0 fully saturated rings. The Bertz CT molecular complexity index is 618. The van der Waals surface area contributed by atoms with Crippen LogP contribution in [0.3, 0.4) is 0 Å². The van der Waals surface area contributed by atoms with E-state index in [0.29, 0.717) is 18.4 Å². The molecule has 1 aromatic rings. The molecule has 0 bridgehead atoms. The maximum absolute atomic E-state index is 11.3. The van der Waals surface area contributed by atoms with E-state index in [2.05, 4.69) is 39.4 Å². The van der Waals surface area contributed by atoms with Gasteiger partial charge in [-0.1, -0.05) is 37.3 Å². The van der Waals surface area contributed by atoms with Crippen molar-refractivity contribution in [3.63, 3.8) is 0 Å². The molecule has 24 heavy (non-hydrogen) atoms. The molecule has 0 aliphatic rings. The Labute approximate surface area is 163 Å². The van der Waals surface area contributed by atoms with Crippen LogP contribution in [0, 0.1) is 0 Å². The second-order valence-corrected chi connectivity index (χ2v) is 8.12. The van der Waals surface area contributed by atoms with Gasteiger partial charge in [-0.3, -0.25) is 4.99 Å². The topological polar surface area (TPSA) is 82.6 Å². The second-order valence-electron chi connectivity index (χ2n) is 6.38. The molecule has 1 rings (SSSR count). The average Bonchev–Trinajstić information content (AvgIpc) is 2.45. The van der Waals surface area contributed by atoms with Crippen LogP contribution in [-0.4, -0.2) is 46.3 Å². The summed E-state index contributed by atoms with van der Waals surface area (Å²) in [5.74, 6) is 0.994. The molecular formula is C16H29IN4O2S. The fourth-order valence-electron chi connectivity index (χ4n) is 2.21. The maximum Gasteiger partial charge on any atom is 0.209 e. The molecule has 1 aromatic carbocycles. The number of hydrogen-bond acceptors (Lipinski definition) is 3. The van der Waals surface area contributed by atoms with E-state index in [-0.39, 0.29) is 24.0 Å². The van der Waals surface area contributed by atoms with Crippen LogP contribution in [0.1, 0.15) is 32.3 Å². The first-order valence-corrected chi connectivity index (χ1v) is 9.50. The van der Waals surface area contributed by atoms with Gasteiger partial charge < -0.3 is 10.6 Å². The lowest BCUT2D eigenvalue weighted by Crippen LogP contribution is -2.53. The summed E-state index contributed by atoms with van der Waals surface area (Å²) in [6.07, 6.45) is 1.16. The van der Waals surface area contributed by atoms with Crippen LogP contribution >= 0.6 is 24.0 Å². The van der Waals surface area contributed by atoms with E-state index in [1.807, 2.05) is 32.0 Å². The van der Waals surface area contributed by atoms with Gasteiger partial charge in [0, 0.05) is 25.7 Å². The molecule has 8 heteroatoms. The first kappa shape index (κ1) is 23.1. The van der Waals surface area contributed by atoms with Gasteiger partial charge in [0.05, 0.1) is 6.26 Å². The maximum atomic E-state index is 11.3. The van der Waals surface area contributed by atoms with Gasteiger partial charge in [0.1, 0.15) is 0 Å². The summed E-state index contributed by atoms with van der Waals surface area (Å²) < 4.78 is 25.3. The molecule has 6 nitrogen and oxygen atoms in total. The second kappa shape index (κ2) is 10.2. The molecule has 0 heterocycles. The van der Waals surface area contributed by atoms with Crippen LogP contribution in [0.25, 0.3) is 0 Å². The van der Waals surface area contributed by atoms with Gasteiger partial charge in [-0.15, -0.1) is 24.0 Å². The largest absolute Gasteiger partial charge is 0.356 e. The SMILES string of the molecule is CN=C(NCC(C)c1ccccc1)NCC(C)(C)NS(C)(=O)=O.I. The van der Waals surface area contributed by atoms with Crippen molar-refractivity contribution in [1.82, 2.24) is 15.4 Å². The Morgan fingerprint density at radius 1 is 1.21 bits per heavy atom. The van der Waals surface area contributed by atoms with E-state index in [0.717, 1.165) is 12.8 Å². The number of nitrogens with one attached hydrogen (secondary N) is 3. The zero-order valence-electron chi connectivity index (χ0n) is 15.0. The van der Waals surface area contributed by atoms with Gasteiger partial charge in [0.2, 0.25) is 10.0 Å². The Kier molecular flexibility index (Phi) is 9.83. The highest BCUT2D eigenvalue weighted by Gasteiger charge is 2.22. The van der Waals surface area contributed by atoms with Gasteiger partial charge >= 0.3 is 0 Å². The molecule has 3 N–H and O–H groups in total. The highest BCUT2D eigenvalue weighted by atomic mass is 127. The highest BCUT2D eigenvalue weighted by molar-refractivity contribution is 14.0. The van der Waals surface area contributed by atoms with Crippen LogP contribution < -0.4 is 15.4 Å². The highest BCUT2D eigenvalue weighted by Crippen LogP contribution is 2.12. The summed E-state index contributed by atoms with van der Waals surface area (Å²) in [6, 6.07) is 10.3. The first-order chi connectivity index (χ1) is 10.6. The summed E-state index contributed by atoms with van der Waals surface area (Å²) in [6.45, 7) is 6.95. The van der Waals surface area contributed by atoms with Crippen molar-refractivity contribution < 1.29 is 8.42 Å². The number of sulfonamides is 1. The molecule has 0 spiro atoms. The molecule has 0 saturated heterocycles. The Morgan fingerprint density at radius 3 is 2.29 bits per heavy atom. The lowest BCUT2D eigenvalue weighted by Gasteiger charge is -2.26. The third-order valence-electron chi connectivity index (χ3n) is 3.33. The number of aliphatic imine (C=N–C) groups is 1. The van der Waals surface area contributed by atoms with E-state index < -0.39 is 15.6 Å². The van der Waals surface area contributed by atoms with E-state index in [1.54, 1.807) is 7.05 Å². The van der Waals surface area contributed by atoms with Gasteiger partial charge in [-0.2, -0.15) is 0 Å². The number of guanidine groups is 1. The molecular weight excluding hydrogens is 439 g/mol. The third-order valence-corrected chi connectivity index (χ3v) is 4.25. The van der Waals surface area contributed by atoms with Crippen LogP contribution in [0.5, 0.6) is 0 Å². The molecule has 0 aliphatic carbocycles. The van der Waals surface area contributed by atoms with E-state index >= 15 is 0 Å². The van der Waals surface area contributed by atoms with Crippen LogP contribution in [0.15, 0.2) is 35.3 Å². The van der Waals surface area contributed by atoms with Crippen molar-refractivity contribution in [1.29, 1.82) is 0 Å². The molecule has 0 aromatic heterocycles. The normalized spacial score (nSPS) is 13.8. The Hall–Kier alpha value is -0.870. The van der Waals surface area contributed by atoms with Crippen molar-refractivity contribution in [2.45, 2.75) is 32.2 Å². The van der Waals surface area contributed by atoms with Crippen molar-refractivity contribution in [3.8, 4) is 0 Å². The summed E-state index contributed by atoms with van der Waals surface area (Å²) in [5.41, 5.74) is 0.658. The van der Waals surface area contributed by atoms with Crippen molar-refractivity contribution in [2.75, 3.05) is 26.4 Å². The van der Waals surface area contributed by atoms with E-state index in [4.69, 9.17) is 0 Å². The van der Waals surface area contributed by atoms with Crippen LogP contribution in [0.2, 0.25) is 0 Å². The number of hydrogen-bond donors (Lipinski definition) is 3. The molecule has 0 radical (unpaired) electrons. The zero-order valence-corrected chi connectivity index (χ0v) is 18.1. The van der Waals surface area contributed by atoms with Crippen molar-refractivity contribution in [2.24, 2.45) is 4.99 Å². The fourth-order valence-corrected chi connectivity index (χ4v) is 3.29. The predicted molar refractivity (Wildman–Crippen MR) is 112 cm³/mol. The minimum Gasteiger partial charge on any atom is -0.356 e. The van der Waals surface area contributed by atoms with Gasteiger partial charge in [-0.05, 0) is 25.3 Å². The summed E-state index contributed by atoms with van der Waals surface area (Å²) in [7, 11) is -1.55. The number of benzene rings is 1. The summed E-state index contributed by atoms with van der Waals surface area (Å²) >= 11 is 0. The minimum absolute atomic E-state index is 0. The monoisotopic (exact) mass is 468 g/mol. The van der Waals surface area contributed by atoms with E-state index in [1.165, 1.54) is 5.56 Å². The molecule has 0 aliphatic heterocycles. The summed E-state index contributed by atoms with van der Waals surface area (Å²) in [5, 5.41) is 6.42. The zero-order chi connectivity index (χ0) is 17.5. The van der Waals surface area contributed by atoms with Crippen LogP contribution in [0.4, 0.5) is 0 Å². The van der Waals surface area contributed by atoms with Crippen LogP contribution in [-0.2, 0) is 10.0 Å². The molecule has 138 valence electrons. The molecule has 0 saturated carbocycles. The van der Waals surface area contributed by atoms with Gasteiger partial charge in [0.25, 0.3) is 0 Å². The first-order valence-electron chi connectivity index (χ1n) is 7.61. The minimum atomic E-state index is -3.25. The molecule has 1 atom stereocenters. The average molecular weight is 468 g/mol. The van der Waals surface area contributed by atoms with Crippen molar-refractivity contribution >= 4 is 40.0 Å². The Morgan fingerprint density at radius 2 is 1.79 bits per heavy atom.